The molecule has 96 heavy (non-hydrogen) atoms. The molecule has 446 valence electrons. The van der Waals surface area contributed by atoms with Crippen molar-refractivity contribution in [3.8, 4) is 22.3 Å². The van der Waals surface area contributed by atoms with Crippen molar-refractivity contribution in [2.75, 3.05) is 9.80 Å². The first-order valence-electron chi connectivity index (χ1n) is 33.5. The van der Waals surface area contributed by atoms with E-state index in [9.17, 15) is 0 Å². The summed E-state index contributed by atoms with van der Waals surface area (Å²) in [6.45, 7) is 0. The van der Waals surface area contributed by atoms with Crippen molar-refractivity contribution in [3.05, 3.63) is 401 Å². The van der Waals surface area contributed by atoms with Gasteiger partial charge in [-0.3, -0.25) is 0 Å². The molecule has 0 saturated heterocycles. The minimum Gasteiger partial charge on any atom is -0.310 e. The smallest absolute Gasteiger partial charge is 0.0497 e. The number of rotatable bonds is 8. The molecule has 4 aliphatic rings. The summed E-state index contributed by atoms with van der Waals surface area (Å²) in [5, 5.41) is 12.3. The van der Waals surface area contributed by atoms with E-state index >= 15 is 0 Å². The average Bonchev–Trinajstić information content (AvgIpc) is 1.52. The highest BCUT2D eigenvalue weighted by molar-refractivity contribution is 6.40. The summed E-state index contributed by atoms with van der Waals surface area (Å²) in [7, 11) is 0. The number of allylic oxidation sites excluding steroid dienone is 5. The monoisotopic (exact) mass is 1220 g/mol. The maximum Gasteiger partial charge on any atom is 0.0497 e. The van der Waals surface area contributed by atoms with E-state index in [2.05, 4.69) is 350 Å². The van der Waals surface area contributed by atoms with Crippen LogP contribution in [0.15, 0.2) is 345 Å². The first kappa shape index (κ1) is 54.2. The summed E-state index contributed by atoms with van der Waals surface area (Å²) in [4.78, 5) is 4.92. The van der Waals surface area contributed by atoms with E-state index in [1.807, 2.05) is 0 Å². The van der Waals surface area contributed by atoms with Gasteiger partial charge in [-0.05, 0) is 280 Å². The van der Waals surface area contributed by atoms with Gasteiger partial charge in [0, 0.05) is 47.0 Å². The molecule has 2 aliphatic heterocycles. The van der Waals surface area contributed by atoms with Crippen LogP contribution in [0.3, 0.4) is 0 Å². The molecule has 0 saturated carbocycles. The van der Waals surface area contributed by atoms with Crippen LogP contribution in [-0.4, -0.2) is 0 Å². The molecule has 16 aromatic carbocycles. The molecule has 2 nitrogen and oxygen atoms in total. The number of nitrogens with zero attached hydrogens (tertiary/aromatic N) is 2. The zero-order chi connectivity index (χ0) is 63.0. The van der Waals surface area contributed by atoms with Crippen LogP contribution in [0.5, 0.6) is 0 Å². The van der Waals surface area contributed by atoms with Crippen molar-refractivity contribution in [1.29, 1.82) is 0 Å². The molecule has 2 heteroatoms. The van der Waals surface area contributed by atoms with E-state index in [1.54, 1.807) is 0 Å². The Hall–Kier alpha value is -12.4. The highest BCUT2D eigenvalue weighted by Crippen LogP contribution is 2.63. The van der Waals surface area contributed by atoms with Crippen LogP contribution in [0.25, 0.3) is 104 Å². The normalized spacial score (nSPS) is 13.8. The topological polar surface area (TPSA) is 6.48 Å². The molecule has 0 unspecified atom stereocenters. The first-order valence-corrected chi connectivity index (χ1v) is 33.5. The maximum atomic E-state index is 2.61. The van der Waals surface area contributed by atoms with E-state index in [0.29, 0.717) is 0 Å². The van der Waals surface area contributed by atoms with Gasteiger partial charge in [-0.1, -0.05) is 224 Å². The van der Waals surface area contributed by atoms with Gasteiger partial charge in [0.05, 0.1) is 0 Å². The lowest BCUT2D eigenvalue weighted by molar-refractivity contribution is 1.09. The van der Waals surface area contributed by atoms with Gasteiger partial charge in [0.15, 0.2) is 0 Å². The summed E-state index contributed by atoms with van der Waals surface area (Å²) in [6, 6.07) is 128. The molecule has 20 rings (SSSR count). The predicted molar refractivity (Wildman–Crippen MR) is 405 cm³/mol. The van der Waals surface area contributed by atoms with E-state index in [4.69, 9.17) is 0 Å². The molecule has 16 aromatic rings. The molecule has 0 aromatic heterocycles. The lowest BCUT2D eigenvalue weighted by atomic mass is 9.83. The Morgan fingerprint density at radius 2 is 0.500 bits per heavy atom. The highest BCUT2D eigenvalue weighted by Gasteiger charge is 2.42. The Bertz CT molecular complexity index is 6070. The third-order valence-corrected chi connectivity index (χ3v) is 20.8. The Balaban J connectivity index is 0.899. The molecule has 2 heterocycles. The largest absolute Gasteiger partial charge is 0.310 e. The number of hydrogen-bond donors (Lipinski definition) is 0. The second-order valence-electron chi connectivity index (χ2n) is 26.3. The lowest BCUT2D eigenvalue weighted by Gasteiger charge is -2.34. The summed E-state index contributed by atoms with van der Waals surface area (Å²) >= 11 is 0. The molecule has 0 N–H and O–H groups in total. The maximum absolute atomic E-state index is 2.61. The van der Waals surface area contributed by atoms with Crippen molar-refractivity contribution in [2.45, 2.75) is 12.8 Å². The van der Waals surface area contributed by atoms with Crippen molar-refractivity contribution >= 4 is 116 Å². The summed E-state index contributed by atoms with van der Waals surface area (Å²) < 4.78 is 0. The van der Waals surface area contributed by atoms with Crippen LogP contribution in [-0.2, 0) is 12.8 Å². The summed E-state index contributed by atoms with van der Waals surface area (Å²) in [6.07, 6.45) is 1.64. The summed E-state index contributed by atoms with van der Waals surface area (Å²) in [5.74, 6) is 0. The lowest BCUT2D eigenvalue weighted by Crippen LogP contribution is -2.18. The van der Waals surface area contributed by atoms with Crippen LogP contribution in [0, 0.1) is 0 Å². The third kappa shape index (κ3) is 8.66. The second kappa shape index (κ2) is 21.6. The van der Waals surface area contributed by atoms with Gasteiger partial charge >= 0.3 is 0 Å². The van der Waals surface area contributed by atoms with Crippen molar-refractivity contribution < 1.29 is 0 Å². The van der Waals surface area contributed by atoms with Crippen LogP contribution >= 0.6 is 0 Å². The van der Waals surface area contributed by atoms with Crippen LogP contribution in [0.4, 0.5) is 34.1 Å². The number of hydrogen-bond acceptors (Lipinski definition) is 2. The fourth-order valence-corrected chi connectivity index (χ4v) is 16.4. The van der Waals surface area contributed by atoms with Gasteiger partial charge < -0.3 is 9.80 Å². The fourth-order valence-electron chi connectivity index (χ4n) is 16.4. The second-order valence-corrected chi connectivity index (χ2v) is 26.3. The zero-order valence-electron chi connectivity index (χ0n) is 52.6. The standard InChI is InChI=1S/C94H60N2/c1-4-21-60(22-5-1)90-91(73-40-37-66-46-62-24-12-14-26-64(62)49-75(66)55-73)92(74-41-38-67-47-63-25-13-15-27-65(63)50-76(67)56-74)94-89(72-39-36-59-20-10-11-23-61(59)48-72)83-57-81(68-42-44-87-77(51-68)53-70-28-16-18-34-85(70)95(87)79-30-6-2-7-31-79)82(58-84(83)93(90)94)69-43-45-88-78(52-69)54-71-29-17-19-35-86(71)96(88)80-32-8-3-9-33-80/h1-52,55-58H,53-54H2. The molecule has 0 atom stereocenters. The average molecular weight is 1220 g/mol. The molecule has 0 spiro atoms. The fraction of sp³-hybridized carbons (Fsp3) is 0.0213. The van der Waals surface area contributed by atoms with Crippen LogP contribution in [0.2, 0.25) is 0 Å². The Morgan fingerprint density at radius 3 is 1.00 bits per heavy atom. The molecular formula is C94H60N2. The van der Waals surface area contributed by atoms with Gasteiger partial charge in [0.25, 0.3) is 0 Å². The molecule has 0 radical (unpaired) electrons. The minimum absolute atomic E-state index is 0.817. The highest BCUT2D eigenvalue weighted by atomic mass is 15.2. The molecule has 0 fully saturated rings. The van der Waals surface area contributed by atoms with Crippen molar-refractivity contribution in [1.82, 2.24) is 0 Å². The van der Waals surface area contributed by atoms with E-state index in [1.165, 1.54) is 188 Å². The first-order chi connectivity index (χ1) is 47.6. The van der Waals surface area contributed by atoms with Crippen molar-refractivity contribution in [3.63, 3.8) is 0 Å². The van der Waals surface area contributed by atoms with Gasteiger partial charge in [-0.25, -0.2) is 0 Å². The van der Waals surface area contributed by atoms with E-state index in [0.717, 1.165) is 24.2 Å². The number of benzene rings is 16. The molecule has 2 aliphatic carbocycles. The van der Waals surface area contributed by atoms with Crippen molar-refractivity contribution in [2.24, 2.45) is 0 Å². The van der Waals surface area contributed by atoms with E-state index in [-0.39, 0.29) is 0 Å². The molecular weight excluding hydrogens is 1160 g/mol. The third-order valence-electron chi connectivity index (χ3n) is 20.8. The number of anilines is 6. The summed E-state index contributed by atoms with van der Waals surface area (Å²) in [5.41, 5.74) is 31.8. The SMILES string of the molecule is c1ccc(C2=C3C(=C(c4ccc5ccccc5c4)c4cc(-c5ccc6c(c5)Cc5ccccc5N6c5ccccc5)c(-c5ccc6c(c5)Cc5ccccc5N6c5ccccc5)cc43)C(c3ccc4cc5ccccc5cc4c3)=C2c2ccc3cc4ccccc4cc3c2)cc1. The quantitative estimate of drug-likeness (QED) is 0.140. The minimum atomic E-state index is 0.817. The Kier molecular flexibility index (Phi) is 12.2. The van der Waals surface area contributed by atoms with Crippen LogP contribution in [0.1, 0.15) is 55.6 Å². The Labute approximate surface area is 558 Å². The predicted octanol–water partition coefficient (Wildman–Crippen LogP) is 24.9. The van der Waals surface area contributed by atoms with Gasteiger partial charge in [-0.15, -0.1) is 0 Å². The van der Waals surface area contributed by atoms with Gasteiger partial charge in [0.1, 0.15) is 0 Å². The molecule has 0 amide bonds. The Morgan fingerprint density at radius 1 is 0.167 bits per heavy atom. The molecule has 0 bridgehead atoms. The van der Waals surface area contributed by atoms with Gasteiger partial charge in [0.2, 0.25) is 0 Å². The van der Waals surface area contributed by atoms with Gasteiger partial charge in [-0.2, -0.15) is 0 Å². The number of para-hydroxylation sites is 4. The zero-order valence-corrected chi connectivity index (χ0v) is 52.6. The van der Waals surface area contributed by atoms with Crippen LogP contribution < -0.4 is 9.80 Å². The van der Waals surface area contributed by atoms with E-state index < -0.39 is 0 Å². The number of fused-ring (bicyclic) bond motifs is 12.